The van der Waals surface area contributed by atoms with Crippen molar-refractivity contribution in [3.8, 4) is 0 Å². The van der Waals surface area contributed by atoms with Gasteiger partial charge in [-0.25, -0.2) is 4.98 Å². The Hall–Kier alpha value is -1.48. The van der Waals surface area contributed by atoms with Crippen LogP contribution in [0.2, 0.25) is 0 Å². The monoisotopic (exact) mass is 214 g/mol. The van der Waals surface area contributed by atoms with E-state index in [9.17, 15) is 5.11 Å². The first-order valence-corrected chi connectivity index (χ1v) is 5.63. The lowest BCUT2D eigenvalue weighted by Crippen LogP contribution is -2.11. The first-order valence-electron chi connectivity index (χ1n) is 5.63. The molecule has 2 aromatic rings. The number of rotatable bonds is 3. The number of aliphatic hydroxyl groups is 1. The average Bonchev–Trinajstić information content (AvgIpc) is 3.09. The van der Waals surface area contributed by atoms with E-state index in [1.807, 2.05) is 30.5 Å². The minimum atomic E-state index is 0.108. The standard InChI is InChI=1S/C13H14N2O/c16-9-13(5-6-13)7-10-8-14-11-3-1-2-4-12(11)15-10/h1-4,8,16H,5-7,9H2. The highest BCUT2D eigenvalue weighted by atomic mass is 16.3. The highest BCUT2D eigenvalue weighted by Crippen LogP contribution is 2.47. The first-order chi connectivity index (χ1) is 7.81. The third-order valence-corrected chi connectivity index (χ3v) is 3.35. The SMILES string of the molecule is OCC1(Cc2cnc3ccccc3n2)CC1. The summed E-state index contributed by atoms with van der Waals surface area (Å²) in [6.45, 7) is 0.265. The van der Waals surface area contributed by atoms with Gasteiger partial charge in [-0.15, -0.1) is 0 Å². The van der Waals surface area contributed by atoms with Crippen molar-refractivity contribution in [1.29, 1.82) is 0 Å². The van der Waals surface area contributed by atoms with Crippen LogP contribution in [0.4, 0.5) is 0 Å². The molecule has 1 N–H and O–H groups in total. The van der Waals surface area contributed by atoms with Crippen LogP contribution in [0.15, 0.2) is 30.5 Å². The molecule has 1 aliphatic carbocycles. The van der Waals surface area contributed by atoms with E-state index in [2.05, 4.69) is 9.97 Å². The number of para-hydroxylation sites is 2. The molecular formula is C13H14N2O. The third-order valence-electron chi connectivity index (χ3n) is 3.35. The molecule has 82 valence electrons. The van der Waals surface area contributed by atoms with Gasteiger partial charge in [-0.1, -0.05) is 12.1 Å². The second kappa shape index (κ2) is 3.52. The van der Waals surface area contributed by atoms with Crippen molar-refractivity contribution >= 4 is 11.0 Å². The van der Waals surface area contributed by atoms with Crippen LogP contribution in [0.1, 0.15) is 18.5 Å². The molecule has 0 saturated heterocycles. The molecule has 1 fully saturated rings. The molecule has 1 heterocycles. The highest BCUT2D eigenvalue weighted by Gasteiger charge is 2.42. The Bertz CT molecular complexity index is 520. The fourth-order valence-electron chi connectivity index (χ4n) is 2.03. The van der Waals surface area contributed by atoms with E-state index in [0.29, 0.717) is 0 Å². The summed E-state index contributed by atoms with van der Waals surface area (Å²) in [5.74, 6) is 0. The predicted molar refractivity (Wildman–Crippen MR) is 62.0 cm³/mol. The van der Waals surface area contributed by atoms with Gasteiger partial charge >= 0.3 is 0 Å². The van der Waals surface area contributed by atoms with Crippen molar-refractivity contribution in [3.05, 3.63) is 36.2 Å². The molecule has 0 unspecified atom stereocenters. The number of nitrogens with zero attached hydrogens (tertiary/aromatic N) is 2. The Morgan fingerprint density at radius 3 is 2.62 bits per heavy atom. The van der Waals surface area contributed by atoms with Crippen molar-refractivity contribution < 1.29 is 5.11 Å². The van der Waals surface area contributed by atoms with Gasteiger partial charge in [0.15, 0.2) is 0 Å². The van der Waals surface area contributed by atoms with Crippen molar-refractivity contribution in [1.82, 2.24) is 9.97 Å². The van der Waals surface area contributed by atoms with E-state index in [1.54, 1.807) is 0 Å². The van der Waals surface area contributed by atoms with Crippen LogP contribution >= 0.6 is 0 Å². The Balaban J connectivity index is 1.93. The number of fused-ring (bicyclic) bond motifs is 1. The molecule has 0 radical (unpaired) electrons. The smallest absolute Gasteiger partial charge is 0.0890 e. The average molecular weight is 214 g/mol. The van der Waals surface area contributed by atoms with Gasteiger partial charge < -0.3 is 5.11 Å². The van der Waals surface area contributed by atoms with Crippen molar-refractivity contribution in [2.75, 3.05) is 6.61 Å². The molecule has 3 nitrogen and oxygen atoms in total. The topological polar surface area (TPSA) is 46.0 Å². The van der Waals surface area contributed by atoms with E-state index >= 15 is 0 Å². The molecule has 3 heteroatoms. The van der Waals surface area contributed by atoms with Crippen LogP contribution in [0.25, 0.3) is 11.0 Å². The Labute approximate surface area is 94.2 Å². The number of aromatic nitrogens is 2. The molecule has 16 heavy (non-hydrogen) atoms. The van der Waals surface area contributed by atoms with Crippen LogP contribution in [0.3, 0.4) is 0 Å². The second-order valence-electron chi connectivity index (χ2n) is 4.68. The lowest BCUT2D eigenvalue weighted by Gasteiger charge is -2.10. The largest absolute Gasteiger partial charge is 0.396 e. The van der Waals surface area contributed by atoms with Gasteiger partial charge in [-0.2, -0.15) is 0 Å². The van der Waals surface area contributed by atoms with Crippen LogP contribution in [0.5, 0.6) is 0 Å². The number of hydrogen-bond donors (Lipinski definition) is 1. The summed E-state index contributed by atoms with van der Waals surface area (Å²) in [6, 6.07) is 7.88. The normalized spacial score (nSPS) is 17.6. The molecule has 0 amide bonds. The third kappa shape index (κ3) is 1.67. The second-order valence-corrected chi connectivity index (χ2v) is 4.68. The molecule has 0 bridgehead atoms. The molecule has 3 rings (SSSR count). The molecule has 0 atom stereocenters. The molecule has 0 spiro atoms. The molecule has 1 aromatic carbocycles. The van der Waals surface area contributed by atoms with Gasteiger partial charge in [0, 0.05) is 12.8 Å². The maximum atomic E-state index is 9.28. The van der Waals surface area contributed by atoms with E-state index < -0.39 is 0 Å². The minimum Gasteiger partial charge on any atom is -0.396 e. The Kier molecular flexibility index (Phi) is 2.14. The zero-order valence-electron chi connectivity index (χ0n) is 9.06. The van der Waals surface area contributed by atoms with Gasteiger partial charge in [-0.05, 0) is 36.8 Å². The molecule has 1 aromatic heterocycles. The predicted octanol–water partition coefficient (Wildman–Crippen LogP) is 1.94. The molecule has 1 saturated carbocycles. The maximum absolute atomic E-state index is 9.28. The van der Waals surface area contributed by atoms with Crippen molar-refractivity contribution in [3.63, 3.8) is 0 Å². The molecule has 1 aliphatic rings. The summed E-state index contributed by atoms with van der Waals surface area (Å²) in [7, 11) is 0. The van der Waals surface area contributed by atoms with Crippen molar-refractivity contribution in [2.24, 2.45) is 5.41 Å². The molecule has 0 aliphatic heterocycles. The van der Waals surface area contributed by atoms with Crippen LogP contribution < -0.4 is 0 Å². The number of hydrogen-bond acceptors (Lipinski definition) is 3. The lowest BCUT2D eigenvalue weighted by molar-refractivity contribution is 0.210. The summed E-state index contributed by atoms with van der Waals surface area (Å²) in [5, 5.41) is 9.28. The fraction of sp³-hybridized carbons (Fsp3) is 0.385. The highest BCUT2D eigenvalue weighted by molar-refractivity contribution is 5.73. The van der Waals surface area contributed by atoms with Crippen LogP contribution in [-0.4, -0.2) is 21.7 Å². The summed E-state index contributed by atoms with van der Waals surface area (Å²) in [4.78, 5) is 8.96. The summed E-state index contributed by atoms with van der Waals surface area (Å²) in [6.07, 6.45) is 4.90. The number of benzene rings is 1. The number of aliphatic hydroxyl groups excluding tert-OH is 1. The van der Waals surface area contributed by atoms with Gasteiger partial charge in [0.25, 0.3) is 0 Å². The van der Waals surface area contributed by atoms with E-state index in [0.717, 1.165) is 36.0 Å². The fourth-order valence-corrected chi connectivity index (χ4v) is 2.03. The summed E-state index contributed by atoms with van der Waals surface area (Å²) in [5.41, 5.74) is 2.97. The van der Waals surface area contributed by atoms with Gasteiger partial charge in [0.1, 0.15) is 0 Å². The van der Waals surface area contributed by atoms with E-state index in [4.69, 9.17) is 0 Å². The van der Waals surface area contributed by atoms with Gasteiger partial charge in [0.05, 0.1) is 16.7 Å². The van der Waals surface area contributed by atoms with Crippen LogP contribution in [-0.2, 0) is 6.42 Å². The Morgan fingerprint density at radius 1 is 1.19 bits per heavy atom. The van der Waals surface area contributed by atoms with Crippen molar-refractivity contribution in [2.45, 2.75) is 19.3 Å². The quantitative estimate of drug-likeness (QED) is 0.849. The maximum Gasteiger partial charge on any atom is 0.0890 e. The minimum absolute atomic E-state index is 0.108. The first kappa shape index (κ1) is 9.73. The van der Waals surface area contributed by atoms with E-state index in [1.165, 1.54) is 0 Å². The molecular weight excluding hydrogens is 200 g/mol. The zero-order valence-corrected chi connectivity index (χ0v) is 9.06. The van der Waals surface area contributed by atoms with Gasteiger partial charge in [-0.3, -0.25) is 4.98 Å². The lowest BCUT2D eigenvalue weighted by atomic mass is 10.0. The van der Waals surface area contributed by atoms with E-state index in [-0.39, 0.29) is 12.0 Å². The summed E-state index contributed by atoms with van der Waals surface area (Å²) >= 11 is 0. The Morgan fingerprint density at radius 2 is 1.94 bits per heavy atom. The zero-order chi connectivity index (χ0) is 11.0. The summed E-state index contributed by atoms with van der Waals surface area (Å²) < 4.78 is 0. The van der Waals surface area contributed by atoms with Crippen LogP contribution in [0, 0.1) is 5.41 Å². The van der Waals surface area contributed by atoms with Gasteiger partial charge in [0.2, 0.25) is 0 Å².